The number of quaternary nitrogens is 1. The Morgan fingerprint density at radius 3 is 2.16 bits per heavy atom. The fraction of sp³-hybridized carbons (Fsp3) is 0.606. The van der Waals surface area contributed by atoms with E-state index in [0.717, 1.165) is 36.2 Å². The Bertz CT molecular complexity index is 880. The van der Waals surface area contributed by atoms with E-state index in [1.165, 1.54) is 62.5 Å². The summed E-state index contributed by atoms with van der Waals surface area (Å²) in [5, 5.41) is 0. The molecule has 0 saturated carbocycles. The van der Waals surface area contributed by atoms with Gasteiger partial charge in [-0.2, -0.15) is 0 Å². The van der Waals surface area contributed by atoms with Gasteiger partial charge in [-0.05, 0) is 30.5 Å². The van der Waals surface area contributed by atoms with Gasteiger partial charge in [0.25, 0.3) is 0 Å². The summed E-state index contributed by atoms with van der Waals surface area (Å²) in [5.41, 5.74) is 2.60. The SMILES string of the molecule is CCCCCCCCCCc1cccc(OC(CC)OC(=O)C(C)CC[N+](C)(C)Cc2ccccc2)c1. The zero-order chi connectivity index (χ0) is 26.9. The summed E-state index contributed by atoms with van der Waals surface area (Å²) < 4.78 is 12.7. The molecular formula is C33H52NO3+. The molecule has 0 amide bonds. The largest absolute Gasteiger partial charge is 0.455 e. The molecule has 2 unspecified atom stereocenters. The molecule has 4 nitrogen and oxygen atoms in total. The zero-order valence-corrected chi connectivity index (χ0v) is 24.2. The Morgan fingerprint density at radius 2 is 1.49 bits per heavy atom. The third-order valence-electron chi connectivity index (χ3n) is 7.09. The van der Waals surface area contributed by atoms with Crippen LogP contribution in [0.4, 0.5) is 0 Å². The normalized spacial score (nSPS) is 13.2. The van der Waals surface area contributed by atoms with E-state index in [9.17, 15) is 4.79 Å². The summed E-state index contributed by atoms with van der Waals surface area (Å²) in [6.07, 6.45) is 12.5. The lowest BCUT2D eigenvalue weighted by atomic mass is 10.0. The van der Waals surface area contributed by atoms with Crippen molar-refractivity contribution >= 4 is 5.97 Å². The van der Waals surface area contributed by atoms with Crippen LogP contribution < -0.4 is 4.74 Å². The van der Waals surface area contributed by atoms with Gasteiger partial charge < -0.3 is 14.0 Å². The maximum atomic E-state index is 12.8. The molecule has 0 heterocycles. The average molecular weight is 511 g/mol. The van der Waals surface area contributed by atoms with Gasteiger partial charge >= 0.3 is 5.97 Å². The first-order chi connectivity index (χ1) is 17.8. The first kappa shape index (κ1) is 30.9. The summed E-state index contributed by atoms with van der Waals surface area (Å²) in [6, 6.07) is 18.8. The number of nitrogens with zero attached hydrogens (tertiary/aromatic N) is 1. The second kappa shape index (κ2) is 17.2. The van der Waals surface area contributed by atoms with E-state index in [2.05, 4.69) is 57.4 Å². The fourth-order valence-electron chi connectivity index (χ4n) is 4.64. The van der Waals surface area contributed by atoms with E-state index in [1.54, 1.807) is 0 Å². The predicted molar refractivity (Wildman–Crippen MR) is 154 cm³/mol. The molecule has 0 fully saturated rings. The second-order valence-electron chi connectivity index (χ2n) is 11.3. The molecule has 2 aromatic rings. The number of hydrogen-bond acceptors (Lipinski definition) is 3. The van der Waals surface area contributed by atoms with Gasteiger partial charge in [-0.15, -0.1) is 0 Å². The van der Waals surface area contributed by atoms with Crippen LogP contribution in [-0.4, -0.2) is 37.4 Å². The lowest BCUT2D eigenvalue weighted by Gasteiger charge is -2.31. The van der Waals surface area contributed by atoms with E-state index >= 15 is 0 Å². The molecule has 0 spiro atoms. The summed E-state index contributed by atoms with van der Waals surface area (Å²) >= 11 is 0. The summed E-state index contributed by atoms with van der Waals surface area (Å²) in [5.74, 6) is 0.436. The first-order valence-electron chi connectivity index (χ1n) is 14.6. The minimum atomic E-state index is -0.555. The highest BCUT2D eigenvalue weighted by Crippen LogP contribution is 2.20. The Hall–Kier alpha value is -2.33. The number of benzene rings is 2. The van der Waals surface area contributed by atoms with Crippen LogP contribution in [0.15, 0.2) is 54.6 Å². The number of ether oxygens (including phenoxy) is 2. The van der Waals surface area contributed by atoms with Crippen molar-refractivity contribution in [2.75, 3.05) is 20.6 Å². The van der Waals surface area contributed by atoms with E-state index in [-0.39, 0.29) is 11.9 Å². The van der Waals surface area contributed by atoms with E-state index in [0.29, 0.717) is 6.42 Å². The monoisotopic (exact) mass is 510 g/mol. The first-order valence-corrected chi connectivity index (χ1v) is 14.6. The molecule has 2 rings (SSSR count). The quantitative estimate of drug-likeness (QED) is 0.0824. The Kier molecular flexibility index (Phi) is 14.4. The third-order valence-corrected chi connectivity index (χ3v) is 7.09. The molecule has 0 bridgehead atoms. The van der Waals surface area contributed by atoms with Gasteiger partial charge in [0.15, 0.2) is 0 Å². The second-order valence-corrected chi connectivity index (χ2v) is 11.3. The standard InChI is InChI=1S/C33H52NO3/c1-6-8-9-10-11-12-13-15-19-29-22-18-23-31(26-29)36-32(7-2)37-33(35)28(3)24-25-34(4,5)27-30-20-16-14-17-21-30/h14,16-18,20-23,26,28,32H,6-13,15,19,24-25,27H2,1-5H3/q+1. The molecule has 4 heteroatoms. The van der Waals surface area contributed by atoms with Crippen molar-refractivity contribution < 1.29 is 18.8 Å². The molecule has 0 aromatic heterocycles. The number of unbranched alkanes of at least 4 members (excludes halogenated alkanes) is 7. The molecule has 0 radical (unpaired) electrons. The third kappa shape index (κ3) is 13.2. The topological polar surface area (TPSA) is 35.5 Å². The minimum Gasteiger partial charge on any atom is -0.455 e. The lowest BCUT2D eigenvalue weighted by molar-refractivity contribution is -0.904. The number of aryl methyl sites for hydroxylation is 1. The number of carbonyl (C=O) groups excluding carboxylic acids is 1. The van der Waals surface area contributed by atoms with Gasteiger partial charge in [-0.3, -0.25) is 4.79 Å². The van der Waals surface area contributed by atoms with Crippen LogP contribution in [0.3, 0.4) is 0 Å². The van der Waals surface area contributed by atoms with Crippen LogP contribution in [0.2, 0.25) is 0 Å². The molecule has 2 atom stereocenters. The molecule has 206 valence electrons. The molecule has 0 aliphatic carbocycles. The molecular weight excluding hydrogens is 458 g/mol. The van der Waals surface area contributed by atoms with Crippen molar-refractivity contribution in [3.05, 3.63) is 65.7 Å². The Labute approximate surface area is 227 Å². The molecule has 37 heavy (non-hydrogen) atoms. The van der Waals surface area contributed by atoms with Gasteiger partial charge in [0.2, 0.25) is 6.29 Å². The van der Waals surface area contributed by atoms with Gasteiger partial charge in [0.1, 0.15) is 12.3 Å². The average Bonchev–Trinajstić information content (AvgIpc) is 2.89. The van der Waals surface area contributed by atoms with Crippen LogP contribution in [-0.2, 0) is 22.5 Å². The molecule has 0 saturated heterocycles. The highest BCUT2D eigenvalue weighted by Gasteiger charge is 2.24. The van der Waals surface area contributed by atoms with Crippen LogP contribution >= 0.6 is 0 Å². The predicted octanol–water partition coefficient (Wildman–Crippen LogP) is 8.33. The molecule has 2 aromatic carbocycles. The highest BCUT2D eigenvalue weighted by molar-refractivity contribution is 5.72. The van der Waals surface area contributed by atoms with Gasteiger partial charge in [0.05, 0.1) is 26.6 Å². The van der Waals surface area contributed by atoms with Crippen molar-refractivity contribution in [2.24, 2.45) is 5.92 Å². The Morgan fingerprint density at radius 1 is 0.838 bits per heavy atom. The molecule has 0 aliphatic heterocycles. The van der Waals surface area contributed by atoms with Crippen molar-refractivity contribution in [3.63, 3.8) is 0 Å². The lowest BCUT2D eigenvalue weighted by Crippen LogP contribution is -2.41. The summed E-state index contributed by atoms with van der Waals surface area (Å²) in [6.45, 7) is 8.07. The Balaban J connectivity index is 1.74. The van der Waals surface area contributed by atoms with Crippen LogP contribution in [0.1, 0.15) is 96.1 Å². The van der Waals surface area contributed by atoms with E-state index in [1.807, 2.05) is 32.0 Å². The van der Waals surface area contributed by atoms with Gasteiger partial charge in [0, 0.05) is 18.4 Å². The zero-order valence-electron chi connectivity index (χ0n) is 24.2. The fourth-order valence-corrected chi connectivity index (χ4v) is 4.64. The number of hydrogen-bond donors (Lipinski definition) is 0. The number of esters is 1. The van der Waals surface area contributed by atoms with Crippen molar-refractivity contribution in [2.45, 2.75) is 104 Å². The van der Waals surface area contributed by atoms with Crippen molar-refractivity contribution in [1.82, 2.24) is 0 Å². The molecule has 0 N–H and O–H groups in total. The van der Waals surface area contributed by atoms with E-state index in [4.69, 9.17) is 9.47 Å². The smallest absolute Gasteiger partial charge is 0.311 e. The maximum absolute atomic E-state index is 12.8. The summed E-state index contributed by atoms with van der Waals surface area (Å²) in [7, 11) is 4.42. The number of rotatable bonds is 19. The maximum Gasteiger partial charge on any atom is 0.311 e. The highest BCUT2D eigenvalue weighted by atomic mass is 16.7. The van der Waals surface area contributed by atoms with Gasteiger partial charge in [-0.25, -0.2) is 0 Å². The van der Waals surface area contributed by atoms with Gasteiger partial charge in [-0.1, -0.05) is 108 Å². The van der Waals surface area contributed by atoms with Crippen molar-refractivity contribution in [1.29, 1.82) is 0 Å². The number of carbonyl (C=O) groups is 1. The van der Waals surface area contributed by atoms with E-state index < -0.39 is 6.29 Å². The van der Waals surface area contributed by atoms with Crippen LogP contribution in [0.25, 0.3) is 0 Å². The summed E-state index contributed by atoms with van der Waals surface area (Å²) in [4.78, 5) is 12.8. The minimum absolute atomic E-state index is 0.167. The van der Waals surface area contributed by atoms with Crippen molar-refractivity contribution in [3.8, 4) is 5.75 Å². The van der Waals surface area contributed by atoms with Crippen LogP contribution in [0.5, 0.6) is 5.75 Å². The van der Waals surface area contributed by atoms with Crippen LogP contribution in [0, 0.1) is 5.92 Å². The molecule has 0 aliphatic rings.